The topological polar surface area (TPSA) is 76.4 Å². The van der Waals surface area contributed by atoms with Crippen LogP contribution in [-0.2, 0) is 11.3 Å². The number of nitrogens with zero attached hydrogens (tertiary/aromatic N) is 2. The SMILES string of the molecule is COC(=O)c1ccc(-c2nccn2CC2(O)CCCNC2)cc1. The molecule has 6 heteroatoms. The number of esters is 1. The normalized spacial score (nSPS) is 21.1. The molecular weight excluding hydrogens is 294 g/mol. The first kappa shape index (κ1) is 15.7. The molecule has 1 aliphatic rings. The second-order valence-corrected chi connectivity index (χ2v) is 5.95. The van der Waals surface area contributed by atoms with E-state index >= 15 is 0 Å². The third-order valence-corrected chi connectivity index (χ3v) is 4.19. The molecule has 1 aromatic carbocycles. The number of hydrogen-bond acceptors (Lipinski definition) is 5. The fourth-order valence-corrected chi connectivity index (χ4v) is 2.97. The van der Waals surface area contributed by atoms with Crippen molar-refractivity contribution in [1.29, 1.82) is 0 Å². The minimum atomic E-state index is -0.750. The fraction of sp³-hybridized carbons (Fsp3) is 0.412. The Balaban J connectivity index is 1.81. The summed E-state index contributed by atoms with van der Waals surface area (Å²) in [5, 5.41) is 13.9. The molecule has 23 heavy (non-hydrogen) atoms. The van der Waals surface area contributed by atoms with Gasteiger partial charge in [-0.3, -0.25) is 0 Å². The molecule has 1 aliphatic heterocycles. The molecule has 0 bridgehead atoms. The quantitative estimate of drug-likeness (QED) is 0.835. The Kier molecular flexibility index (Phi) is 4.45. The predicted octanol–water partition coefficient (Wildman–Crippen LogP) is 1.45. The fourth-order valence-electron chi connectivity index (χ4n) is 2.97. The first-order valence-corrected chi connectivity index (χ1v) is 7.74. The Morgan fingerprint density at radius 3 is 2.87 bits per heavy atom. The molecule has 122 valence electrons. The van der Waals surface area contributed by atoms with Crippen molar-refractivity contribution >= 4 is 5.97 Å². The lowest BCUT2D eigenvalue weighted by molar-refractivity contribution is 0.00105. The molecule has 0 amide bonds. The predicted molar refractivity (Wildman–Crippen MR) is 86.1 cm³/mol. The molecular formula is C17H21N3O3. The molecule has 0 saturated carbocycles. The van der Waals surface area contributed by atoms with Gasteiger partial charge in [0.2, 0.25) is 0 Å². The summed E-state index contributed by atoms with van der Waals surface area (Å²) in [4.78, 5) is 15.9. The van der Waals surface area contributed by atoms with Crippen LogP contribution in [0.4, 0.5) is 0 Å². The molecule has 3 rings (SSSR count). The first-order chi connectivity index (χ1) is 11.1. The standard InChI is InChI=1S/C17H21N3O3/c1-23-16(21)14-5-3-13(4-6-14)15-19-9-10-20(15)12-17(22)7-2-8-18-11-17/h3-6,9-10,18,22H,2,7-8,11-12H2,1H3. The number of aliphatic hydroxyl groups is 1. The van der Waals surface area contributed by atoms with Crippen molar-refractivity contribution in [1.82, 2.24) is 14.9 Å². The number of aromatic nitrogens is 2. The van der Waals surface area contributed by atoms with Crippen LogP contribution >= 0.6 is 0 Å². The summed E-state index contributed by atoms with van der Waals surface area (Å²) in [5.74, 6) is 0.419. The minimum absolute atomic E-state index is 0.359. The first-order valence-electron chi connectivity index (χ1n) is 7.74. The van der Waals surface area contributed by atoms with Crippen molar-refractivity contribution in [2.45, 2.75) is 25.0 Å². The number of methoxy groups -OCH3 is 1. The summed E-state index contributed by atoms with van der Waals surface area (Å²) < 4.78 is 6.66. The highest BCUT2D eigenvalue weighted by atomic mass is 16.5. The molecule has 1 unspecified atom stereocenters. The third-order valence-electron chi connectivity index (χ3n) is 4.19. The van der Waals surface area contributed by atoms with Crippen LogP contribution in [0.3, 0.4) is 0 Å². The van der Waals surface area contributed by atoms with Crippen LogP contribution in [0.25, 0.3) is 11.4 Å². The summed E-state index contributed by atoms with van der Waals surface area (Å²) >= 11 is 0. The number of piperidine rings is 1. The van der Waals surface area contributed by atoms with Crippen LogP contribution in [0.5, 0.6) is 0 Å². The number of imidazole rings is 1. The van der Waals surface area contributed by atoms with E-state index in [1.807, 2.05) is 22.9 Å². The molecule has 6 nitrogen and oxygen atoms in total. The van der Waals surface area contributed by atoms with Gasteiger partial charge in [-0.1, -0.05) is 12.1 Å². The van der Waals surface area contributed by atoms with Gasteiger partial charge in [-0.2, -0.15) is 0 Å². The van der Waals surface area contributed by atoms with E-state index in [0.29, 0.717) is 18.7 Å². The van der Waals surface area contributed by atoms with Crippen LogP contribution in [0.15, 0.2) is 36.7 Å². The second-order valence-electron chi connectivity index (χ2n) is 5.95. The van der Waals surface area contributed by atoms with Gasteiger partial charge in [-0.25, -0.2) is 9.78 Å². The summed E-state index contributed by atoms with van der Waals surface area (Å²) in [6.07, 6.45) is 5.34. The second kappa shape index (κ2) is 6.52. The van der Waals surface area contributed by atoms with Crippen LogP contribution in [-0.4, -0.2) is 46.4 Å². The minimum Gasteiger partial charge on any atom is -0.465 e. The molecule has 0 radical (unpaired) electrons. The number of carbonyl (C=O) groups excluding carboxylic acids is 1. The van der Waals surface area contributed by atoms with Gasteiger partial charge in [0.05, 0.1) is 24.8 Å². The number of carbonyl (C=O) groups is 1. The average Bonchev–Trinajstić information content (AvgIpc) is 3.02. The molecule has 2 aromatic rings. The van der Waals surface area contributed by atoms with Crippen LogP contribution in [0.2, 0.25) is 0 Å². The number of ether oxygens (including phenoxy) is 1. The number of nitrogens with one attached hydrogen (secondary N) is 1. The van der Waals surface area contributed by atoms with Crippen LogP contribution in [0, 0.1) is 0 Å². The molecule has 0 aliphatic carbocycles. The molecule has 0 spiro atoms. The summed E-state index contributed by atoms with van der Waals surface area (Å²) in [6.45, 7) is 2.04. The smallest absolute Gasteiger partial charge is 0.337 e. The Labute approximate surface area is 135 Å². The maximum Gasteiger partial charge on any atom is 0.337 e. The molecule has 1 fully saturated rings. The summed E-state index contributed by atoms with van der Waals surface area (Å²) in [5.41, 5.74) is 0.652. The molecule has 1 atom stereocenters. The largest absolute Gasteiger partial charge is 0.465 e. The van der Waals surface area contributed by atoms with Crippen LogP contribution in [0.1, 0.15) is 23.2 Å². The Morgan fingerprint density at radius 2 is 2.22 bits per heavy atom. The van der Waals surface area contributed by atoms with Crippen molar-refractivity contribution in [3.63, 3.8) is 0 Å². The zero-order valence-corrected chi connectivity index (χ0v) is 13.2. The van der Waals surface area contributed by atoms with E-state index < -0.39 is 5.60 Å². The lowest BCUT2D eigenvalue weighted by Gasteiger charge is -2.33. The zero-order chi connectivity index (χ0) is 16.3. The summed E-state index contributed by atoms with van der Waals surface area (Å²) in [7, 11) is 1.36. The van der Waals surface area contributed by atoms with Gasteiger partial charge >= 0.3 is 5.97 Å². The molecule has 1 aromatic heterocycles. The number of benzene rings is 1. The highest BCUT2D eigenvalue weighted by Crippen LogP contribution is 2.23. The van der Waals surface area contributed by atoms with Gasteiger partial charge in [0.15, 0.2) is 0 Å². The van der Waals surface area contributed by atoms with E-state index in [1.165, 1.54) is 7.11 Å². The average molecular weight is 315 g/mol. The zero-order valence-electron chi connectivity index (χ0n) is 13.2. The van der Waals surface area contributed by atoms with Crippen molar-refractivity contribution < 1.29 is 14.6 Å². The maximum absolute atomic E-state index is 11.5. The van der Waals surface area contributed by atoms with Gasteiger partial charge < -0.3 is 19.7 Å². The highest BCUT2D eigenvalue weighted by Gasteiger charge is 2.30. The number of rotatable bonds is 4. The third kappa shape index (κ3) is 3.43. The van der Waals surface area contributed by atoms with Crippen molar-refractivity contribution in [2.24, 2.45) is 0 Å². The molecule has 2 N–H and O–H groups in total. The Hall–Kier alpha value is -2.18. The monoisotopic (exact) mass is 315 g/mol. The highest BCUT2D eigenvalue weighted by molar-refractivity contribution is 5.89. The Morgan fingerprint density at radius 1 is 1.43 bits per heavy atom. The van der Waals surface area contributed by atoms with Gasteiger partial charge in [0.1, 0.15) is 5.82 Å². The van der Waals surface area contributed by atoms with E-state index in [1.54, 1.807) is 18.3 Å². The van der Waals surface area contributed by atoms with E-state index in [4.69, 9.17) is 4.74 Å². The number of hydrogen-bond donors (Lipinski definition) is 2. The van der Waals surface area contributed by atoms with Crippen LogP contribution < -0.4 is 5.32 Å². The van der Waals surface area contributed by atoms with Crippen molar-refractivity contribution in [3.8, 4) is 11.4 Å². The van der Waals surface area contributed by atoms with E-state index in [0.717, 1.165) is 30.8 Å². The van der Waals surface area contributed by atoms with E-state index in [9.17, 15) is 9.90 Å². The van der Waals surface area contributed by atoms with Gasteiger partial charge in [0.25, 0.3) is 0 Å². The molecule has 1 saturated heterocycles. The Bertz CT molecular complexity index is 673. The molecule has 2 heterocycles. The van der Waals surface area contributed by atoms with E-state index in [2.05, 4.69) is 10.3 Å². The lowest BCUT2D eigenvalue weighted by atomic mass is 9.94. The van der Waals surface area contributed by atoms with Crippen molar-refractivity contribution in [3.05, 3.63) is 42.2 Å². The van der Waals surface area contributed by atoms with Gasteiger partial charge in [-0.15, -0.1) is 0 Å². The van der Waals surface area contributed by atoms with Gasteiger partial charge in [0, 0.05) is 24.5 Å². The lowest BCUT2D eigenvalue weighted by Crippen LogP contribution is -2.48. The summed E-state index contributed by atoms with van der Waals surface area (Å²) in [6, 6.07) is 7.12. The van der Waals surface area contributed by atoms with E-state index in [-0.39, 0.29) is 5.97 Å². The maximum atomic E-state index is 11.5. The number of β-amino-alcohol motifs (C(OH)–C–C–N with tert-alkyl or cyclic N) is 1. The van der Waals surface area contributed by atoms with Crippen molar-refractivity contribution in [2.75, 3.05) is 20.2 Å². The van der Waals surface area contributed by atoms with Gasteiger partial charge in [-0.05, 0) is 31.5 Å².